The van der Waals surface area contributed by atoms with Crippen molar-refractivity contribution in [1.82, 2.24) is 5.32 Å². The van der Waals surface area contributed by atoms with Gasteiger partial charge in [0.15, 0.2) is 0 Å². The van der Waals surface area contributed by atoms with Gasteiger partial charge < -0.3 is 10.4 Å². The van der Waals surface area contributed by atoms with Crippen LogP contribution in [0.5, 0.6) is 0 Å². The van der Waals surface area contributed by atoms with E-state index < -0.39 is 17.9 Å². The fourth-order valence-electron chi connectivity index (χ4n) is 2.19. The summed E-state index contributed by atoms with van der Waals surface area (Å²) in [4.78, 5) is 35.1. The van der Waals surface area contributed by atoms with E-state index in [1.54, 1.807) is 0 Å². The van der Waals surface area contributed by atoms with Crippen molar-refractivity contribution in [2.45, 2.75) is 39.7 Å². The molecule has 1 aromatic carbocycles. The Bertz CT molecular complexity index is 697. The Hall–Kier alpha value is -2.70. The first kappa shape index (κ1) is 16.7. The number of hydrogen-bond acceptors (Lipinski definition) is 4. The van der Waals surface area contributed by atoms with Crippen LogP contribution in [0.15, 0.2) is 23.3 Å². The molecule has 2 rings (SSSR count). The summed E-state index contributed by atoms with van der Waals surface area (Å²) in [6.45, 7) is 5.14. The van der Waals surface area contributed by atoms with Gasteiger partial charge in [0.1, 0.15) is 11.8 Å². The second-order valence-electron chi connectivity index (χ2n) is 5.58. The first-order valence-electron chi connectivity index (χ1n) is 7.31. The molecule has 1 aliphatic rings. The van der Waals surface area contributed by atoms with Crippen LogP contribution < -0.4 is 10.3 Å². The number of aliphatic carboxylic acids is 1. The summed E-state index contributed by atoms with van der Waals surface area (Å²) in [6.07, 6.45) is 0.347. The second kappa shape index (κ2) is 6.60. The van der Waals surface area contributed by atoms with Crippen LogP contribution in [0.25, 0.3) is 0 Å². The molecule has 0 aliphatic carbocycles. The molecule has 1 atom stereocenters. The van der Waals surface area contributed by atoms with E-state index in [0.717, 1.165) is 11.1 Å². The molecule has 2 amide bonds. The Labute approximate surface area is 134 Å². The summed E-state index contributed by atoms with van der Waals surface area (Å²) in [6, 6.07) is 4.63. The third kappa shape index (κ3) is 3.74. The summed E-state index contributed by atoms with van der Waals surface area (Å²) < 4.78 is 0. The molecule has 0 saturated carbocycles. The molecule has 1 aromatic rings. The fourth-order valence-corrected chi connectivity index (χ4v) is 2.19. The molecule has 7 heteroatoms. The molecular formula is C16H19N3O4. The van der Waals surface area contributed by atoms with Crippen molar-refractivity contribution in [3.05, 3.63) is 29.3 Å². The van der Waals surface area contributed by atoms with Crippen LogP contribution in [0, 0.1) is 13.8 Å². The zero-order valence-electron chi connectivity index (χ0n) is 13.3. The first-order valence-corrected chi connectivity index (χ1v) is 7.31. The molecule has 0 saturated heterocycles. The van der Waals surface area contributed by atoms with Crippen molar-refractivity contribution in [1.29, 1.82) is 0 Å². The number of benzene rings is 1. The maximum atomic E-state index is 12.1. The Morgan fingerprint density at radius 3 is 2.65 bits per heavy atom. The van der Waals surface area contributed by atoms with Crippen molar-refractivity contribution in [3.8, 4) is 0 Å². The number of carboxylic acid groups (broad SMARTS) is 1. The topological polar surface area (TPSA) is 99.1 Å². The molecule has 7 nitrogen and oxygen atoms in total. The van der Waals surface area contributed by atoms with Gasteiger partial charge in [-0.25, -0.2) is 5.01 Å². The Kier molecular flexibility index (Phi) is 4.78. The molecule has 0 fully saturated rings. The van der Waals surface area contributed by atoms with Crippen molar-refractivity contribution in [3.63, 3.8) is 0 Å². The number of carbonyl (C=O) groups excluding carboxylic acids is 2. The van der Waals surface area contributed by atoms with Crippen LogP contribution in [-0.4, -0.2) is 34.6 Å². The van der Waals surface area contributed by atoms with Crippen LogP contribution in [-0.2, 0) is 14.4 Å². The lowest BCUT2D eigenvalue weighted by Crippen LogP contribution is -2.44. The van der Waals surface area contributed by atoms with E-state index in [1.165, 1.54) is 11.9 Å². The molecule has 1 aliphatic heterocycles. The number of nitrogens with one attached hydrogen (secondary N) is 1. The third-order valence-electron chi connectivity index (χ3n) is 3.61. The number of nitrogens with zero attached hydrogens (tertiary/aromatic N) is 2. The molecule has 0 radical (unpaired) electrons. The second-order valence-corrected chi connectivity index (χ2v) is 5.58. The van der Waals surface area contributed by atoms with Crippen molar-refractivity contribution in [2.24, 2.45) is 5.10 Å². The normalized spacial score (nSPS) is 15.9. The zero-order valence-corrected chi connectivity index (χ0v) is 13.3. The Balaban J connectivity index is 2.29. The highest BCUT2D eigenvalue weighted by atomic mass is 16.4. The van der Waals surface area contributed by atoms with Gasteiger partial charge in [0.05, 0.1) is 5.69 Å². The highest BCUT2D eigenvalue weighted by Gasteiger charge is 2.27. The summed E-state index contributed by atoms with van der Waals surface area (Å²) in [7, 11) is 0. The highest BCUT2D eigenvalue weighted by molar-refractivity contribution is 6.40. The number of rotatable bonds is 4. The lowest BCUT2D eigenvalue weighted by molar-refractivity contribution is -0.140. The molecular weight excluding hydrogens is 298 g/mol. The van der Waals surface area contributed by atoms with E-state index in [9.17, 15) is 14.4 Å². The van der Waals surface area contributed by atoms with Crippen molar-refractivity contribution in [2.75, 3.05) is 5.01 Å². The molecule has 0 spiro atoms. The lowest BCUT2D eigenvalue weighted by Gasteiger charge is -2.25. The minimum absolute atomic E-state index is 0.151. The van der Waals surface area contributed by atoms with E-state index in [0.29, 0.717) is 5.69 Å². The molecule has 2 N–H and O–H groups in total. The largest absolute Gasteiger partial charge is 0.480 e. The fraction of sp³-hybridized carbons (Fsp3) is 0.375. The lowest BCUT2D eigenvalue weighted by atomic mass is 10.1. The van der Waals surface area contributed by atoms with E-state index in [1.807, 2.05) is 32.0 Å². The number of aryl methyl sites for hydroxylation is 2. The molecule has 0 aromatic heterocycles. The van der Waals surface area contributed by atoms with E-state index in [4.69, 9.17) is 5.11 Å². The molecule has 0 bridgehead atoms. The van der Waals surface area contributed by atoms with Gasteiger partial charge in [-0.3, -0.25) is 14.4 Å². The molecule has 1 heterocycles. The Morgan fingerprint density at radius 1 is 1.30 bits per heavy atom. The maximum absolute atomic E-state index is 12.1. The van der Waals surface area contributed by atoms with Gasteiger partial charge in [0.2, 0.25) is 5.91 Å². The highest BCUT2D eigenvalue weighted by Crippen LogP contribution is 2.25. The predicted molar refractivity (Wildman–Crippen MR) is 85.3 cm³/mol. The standard InChI is InChI=1S/C16H19N3O4/c1-9-4-5-10(2)13(8-9)19-14(20)7-6-12(18-19)15(21)17-11(3)16(22)23/h4-5,8,11H,6-7H2,1-3H3,(H,17,21)(H,22,23). The number of anilines is 1. The van der Waals surface area contributed by atoms with Gasteiger partial charge in [-0.15, -0.1) is 0 Å². The summed E-state index contributed by atoms with van der Waals surface area (Å²) in [5.74, 6) is -1.89. The minimum atomic E-state index is -1.13. The average molecular weight is 317 g/mol. The van der Waals surface area contributed by atoms with Gasteiger partial charge in [0.25, 0.3) is 5.91 Å². The number of carbonyl (C=O) groups is 3. The van der Waals surface area contributed by atoms with Gasteiger partial charge in [-0.1, -0.05) is 12.1 Å². The molecule has 122 valence electrons. The molecule has 1 unspecified atom stereocenters. The predicted octanol–water partition coefficient (Wildman–Crippen LogP) is 1.38. The van der Waals surface area contributed by atoms with Crippen LogP contribution in [0.4, 0.5) is 5.69 Å². The van der Waals surface area contributed by atoms with Crippen LogP contribution >= 0.6 is 0 Å². The average Bonchev–Trinajstić information content (AvgIpc) is 2.50. The summed E-state index contributed by atoms with van der Waals surface area (Å²) in [5.41, 5.74) is 2.63. The molecule has 23 heavy (non-hydrogen) atoms. The SMILES string of the molecule is Cc1ccc(C)c(N2N=C(C(=O)NC(C)C(=O)O)CCC2=O)c1. The number of amides is 2. The Morgan fingerprint density at radius 2 is 2.00 bits per heavy atom. The van der Waals surface area contributed by atoms with Crippen LogP contribution in [0.1, 0.15) is 30.9 Å². The number of hydrazone groups is 1. The number of hydrogen-bond donors (Lipinski definition) is 2. The van der Waals surface area contributed by atoms with E-state index in [-0.39, 0.29) is 24.5 Å². The van der Waals surface area contributed by atoms with E-state index >= 15 is 0 Å². The van der Waals surface area contributed by atoms with Gasteiger partial charge >= 0.3 is 5.97 Å². The van der Waals surface area contributed by atoms with Gasteiger partial charge in [0, 0.05) is 12.8 Å². The summed E-state index contributed by atoms with van der Waals surface area (Å²) in [5, 5.41) is 16.6. The first-order chi connectivity index (χ1) is 10.8. The van der Waals surface area contributed by atoms with Crippen molar-refractivity contribution >= 4 is 29.2 Å². The van der Waals surface area contributed by atoms with E-state index in [2.05, 4.69) is 10.4 Å². The van der Waals surface area contributed by atoms with Crippen LogP contribution in [0.3, 0.4) is 0 Å². The zero-order chi connectivity index (χ0) is 17.1. The van der Waals surface area contributed by atoms with Crippen molar-refractivity contribution < 1.29 is 19.5 Å². The smallest absolute Gasteiger partial charge is 0.325 e. The minimum Gasteiger partial charge on any atom is -0.480 e. The monoisotopic (exact) mass is 317 g/mol. The van der Waals surface area contributed by atoms with Gasteiger partial charge in [-0.05, 0) is 38.0 Å². The quantitative estimate of drug-likeness (QED) is 0.876. The maximum Gasteiger partial charge on any atom is 0.325 e. The van der Waals surface area contributed by atoms with Crippen LogP contribution in [0.2, 0.25) is 0 Å². The van der Waals surface area contributed by atoms with Gasteiger partial charge in [-0.2, -0.15) is 5.10 Å². The third-order valence-corrected chi connectivity index (χ3v) is 3.61. The number of carboxylic acids is 1. The summed E-state index contributed by atoms with van der Waals surface area (Å²) >= 11 is 0.